The number of hydrogen-bond acceptors (Lipinski definition) is 7. The van der Waals surface area contributed by atoms with Gasteiger partial charge < -0.3 is 25.2 Å². The van der Waals surface area contributed by atoms with Gasteiger partial charge in [0.1, 0.15) is 0 Å². The van der Waals surface area contributed by atoms with E-state index in [2.05, 4.69) is 89.6 Å². The fourth-order valence-electron chi connectivity index (χ4n) is 21.1. The molecule has 1 heterocycles. The second-order valence-corrected chi connectivity index (χ2v) is 32.1. The molecule has 1 saturated heterocycles. The first kappa shape index (κ1) is 59.5. The largest absolute Gasteiger partial charge is 0.424 e. The molecule has 4 amide bonds. The molecule has 0 radical (unpaired) electrons. The van der Waals surface area contributed by atoms with E-state index in [-0.39, 0.29) is 114 Å². The van der Waals surface area contributed by atoms with Crippen molar-refractivity contribution in [1.29, 1.82) is 0 Å². The molecule has 0 spiro atoms. The summed E-state index contributed by atoms with van der Waals surface area (Å²) in [4.78, 5) is 92.7. The molecule has 0 aromatic rings. The van der Waals surface area contributed by atoms with Crippen molar-refractivity contribution in [2.45, 2.75) is 225 Å². The topological polar surface area (TPSA) is 154 Å². The van der Waals surface area contributed by atoms with Gasteiger partial charge in [-0.15, -0.1) is 0 Å². The van der Waals surface area contributed by atoms with Crippen molar-refractivity contribution < 1.29 is 36.2 Å². The van der Waals surface area contributed by atoms with Crippen LogP contribution < -0.4 is 10.6 Å². The Kier molecular flexibility index (Phi) is 13.7. The molecular weight excluding hydrogens is 1010 g/mol. The zero-order chi connectivity index (χ0) is 62.4. The molecule has 7 saturated carbocycles. The van der Waals surface area contributed by atoms with Gasteiger partial charge in [-0.05, 0) is 158 Å². The molecule has 2 N–H and O–H groups in total. The van der Waals surface area contributed by atoms with Gasteiger partial charge in [-0.3, -0.25) is 24.0 Å². The average Bonchev–Trinajstić information content (AvgIpc) is 1.74. The lowest BCUT2D eigenvalue weighted by atomic mass is 9.34. The van der Waals surface area contributed by atoms with Gasteiger partial charge in [0.25, 0.3) is 5.78 Å². The summed E-state index contributed by atoms with van der Waals surface area (Å²) in [6, 6.07) is -0.157. The first-order valence-electron chi connectivity index (χ1n) is 32.0. The predicted octanol–water partition coefficient (Wildman–Crippen LogP) is 13.6. The summed E-state index contributed by atoms with van der Waals surface area (Å²) in [5, 5.41) is 6.89. The summed E-state index contributed by atoms with van der Waals surface area (Å²) in [5.41, 5.74) is -3.07. The van der Waals surface area contributed by atoms with Crippen LogP contribution in [-0.2, 0) is 23.9 Å². The Labute approximate surface area is 490 Å². The fourth-order valence-corrected chi connectivity index (χ4v) is 21.1. The summed E-state index contributed by atoms with van der Waals surface area (Å²) in [5.74, 6) is -0.0302. The summed E-state index contributed by atoms with van der Waals surface area (Å²) in [6.45, 7) is 46.6. The van der Waals surface area contributed by atoms with Crippen LogP contribution in [-0.4, -0.2) is 96.1 Å². The lowest BCUT2D eigenvalue weighted by Crippen LogP contribution is -2.71. The number of carbonyl (C=O) groups is 6. The number of ketones is 4. The lowest BCUT2D eigenvalue weighted by Gasteiger charge is -2.69. The van der Waals surface area contributed by atoms with E-state index in [0.29, 0.717) is 0 Å². The first-order chi connectivity index (χ1) is 38.2. The van der Waals surface area contributed by atoms with Gasteiger partial charge in [0.05, 0.1) is 6.57 Å². The Bertz CT molecular complexity index is 2950. The van der Waals surface area contributed by atoms with E-state index in [0.717, 1.165) is 101 Å². The maximum atomic E-state index is 14.6. The Morgan fingerprint density at radius 1 is 0.605 bits per heavy atom. The molecule has 10 aliphatic carbocycles. The highest BCUT2D eigenvalue weighted by Gasteiger charge is 2.87. The van der Waals surface area contributed by atoms with Crippen molar-refractivity contribution in [3.05, 3.63) is 57.9 Å². The summed E-state index contributed by atoms with van der Waals surface area (Å²) < 4.78 is 17.6. The number of carbonyl (C=O) groups excluding carboxylic acids is 6. The van der Waals surface area contributed by atoms with Gasteiger partial charge in [0, 0.05) is 75.5 Å². The molecule has 11 rings (SSSR count). The third-order valence-corrected chi connectivity index (χ3v) is 26.0. The van der Waals surface area contributed by atoms with Gasteiger partial charge in [0.2, 0.25) is 5.70 Å². The summed E-state index contributed by atoms with van der Waals surface area (Å²) >= 11 is 0. The Morgan fingerprint density at radius 2 is 1.02 bits per heavy atom. The molecule has 13 heteroatoms. The van der Waals surface area contributed by atoms with Crippen LogP contribution >= 0.6 is 0 Å². The van der Waals surface area contributed by atoms with Crippen molar-refractivity contribution in [3.63, 3.8) is 0 Å². The molecule has 8 fully saturated rings. The number of epoxide rings is 1. The average molecular weight is 1120 g/mol. The standard InChI is InChI=1S/C33H47N3O4.C33H47N3O3.2CH4/c1-27(2)13-15-32(35-26(39)36(9)10)16-14-30(6)23(19(32)18-27)20(37)17-22-29(30,5)12-11-21-28(3,4)24(38)33(34-8)25(40-33)31(21,22)7;1-28(2)13-15-33(35-27(39)36(9)10)16-14-32(7)25(20(33)18-28)22(37)17-24-30(5)19-21(34-8)26(38)29(3,4)23(30)11-12-31(24,32)6;;/h17,19,21,23,25H,11-16,18H2,1-7,9-10H3,(H,35,39);17,19-20,23,25H,11-16,18H2,1-7,9-10H3,(H,35,39);2*1H4/t19-,21-,23-,25+,29+,30+,31-,32-,33-;20-,23-,25-,30-,31+,32+,33-;;/m00../s1/i;;2*1T. The van der Waals surface area contributed by atoms with Crippen molar-refractivity contribution in [3.8, 4) is 0 Å². The van der Waals surface area contributed by atoms with Crippen LogP contribution in [0.15, 0.2) is 35.1 Å². The number of ether oxygens (including phenoxy) is 1. The number of rotatable bonds is 2. The minimum Gasteiger partial charge on any atom is -0.332 e. The van der Waals surface area contributed by atoms with Crippen molar-refractivity contribution in [2.24, 2.45) is 89.7 Å². The van der Waals surface area contributed by atoms with Gasteiger partial charge >= 0.3 is 17.8 Å². The smallest absolute Gasteiger partial charge is 0.332 e. The van der Waals surface area contributed by atoms with Crippen LogP contribution in [0.25, 0.3) is 9.69 Å². The molecule has 0 bridgehead atoms. The van der Waals surface area contributed by atoms with Crippen molar-refractivity contribution in [1.82, 2.24) is 20.4 Å². The normalized spacial score (nSPS) is 45.8. The molecule has 11 aliphatic rings. The highest BCUT2D eigenvalue weighted by Crippen LogP contribution is 2.78. The molecular formula is C68H102N6O7. The number of nitrogens with one attached hydrogen (secondary N) is 2. The summed E-state index contributed by atoms with van der Waals surface area (Å²) in [6.07, 6.45) is 17.9. The minimum absolute atomic E-state index is 0.0119. The van der Waals surface area contributed by atoms with Gasteiger partial charge in [0.15, 0.2) is 23.5 Å². The fraction of sp³-hybridized carbons (Fsp3) is 0.794. The number of allylic oxidation sites excluding steroid dienone is 5. The molecule has 13 nitrogen and oxygen atoms in total. The zero-order valence-corrected chi connectivity index (χ0v) is 53.3. The van der Waals surface area contributed by atoms with Gasteiger partial charge in [-0.2, -0.15) is 0 Å². The maximum absolute atomic E-state index is 14.6. The Morgan fingerprint density at radius 3 is 1.46 bits per heavy atom. The number of nitrogens with zero attached hydrogens (tertiary/aromatic N) is 4. The number of amides is 4. The molecule has 1 aliphatic heterocycles. The second-order valence-electron chi connectivity index (χ2n) is 32.1. The second kappa shape index (κ2) is 18.7. The van der Waals surface area contributed by atoms with E-state index >= 15 is 0 Å². The van der Waals surface area contributed by atoms with Crippen LogP contribution in [0.2, 0.25) is 0 Å². The number of fused-ring (bicyclic) bond motifs is 16. The molecule has 0 unspecified atom stereocenters. The molecule has 0 aromatic carbocycles. The molecule has 81 heavy (non-hydrogen) atoms. The van der Waals surface area contributed by atoms with E-state index in [9.17, 15) is 28.8 Å². The van der Waals surface area contributed by atoms with Crippen LogP contribution in [0.3, 0.4) is 0 Å². The number of urea groups is 2. The van der Waals surface area contributed by atoms with Gasteiger partial charge in [-0.1, -0.05) is 129 Å². The quantitative estimate of drug-likeness (QED) is 0.206. The van der Waals surface area contributed by atoms with E-state index in [1.165, 1.54) is 14.8 Å². The summed E-state index contributed by atoms with van der Waals surface area (Å²) in [7, 11) is 9.62. The van der Waals surface area contributed by atoms with Crippen LogP contribution in [0.5, 0.6) is 0 Å². The third kappa shape index (κ3) is 8.06. The van der Waals surface area contributed by atoms with E-state index in [1.54, 1.807) is 38.0 Å². The lowest BCUT2D eigenvalue weighted by molar-refractivity contribution is -0.165. The van der Waals surface area contributed by atoms with Gasteiger partial charge in [-0.25, -0.2) is 21.0 Å². The molecule has 0 aromatic heterocycles. The maximum Gasteiger partial charge on any atom is 0.424 e. The highest BCUT2D eigenvalue weighted by molar-refractivity contribution is 6.03. The van der Waals surface area contributed by atoms with Crippen molar-refractivity contribution in [2.75, 3.05) is 28.2 Å². The molecule has 16 atom stereocenters. The SMILES string of the molecule is [3H]C.[3H]C.[C-]#[N+]C1=C[C@]2(C)C3=CC(=O)[C@@H]4[C@@H]5CC(C)(C)CC[C@]5(NC(=O)N(C)C)CC[C@@]4(C)[C@]3(C)CC[C@H]2C(C)(C)C1=O.[C-]#[N+][C@@]12O[C@@H]1[C@]1(C)C3=CC(=O)[C@@H]4[C@@H]5CC(C)(C)CC[C@]5(NC(=O)N(C)C)CC[C@@]4(C)[C@]3(C)CC[C@H]1C(C)(C)C2=O. The Balaban J connectivity index is 0.000000205. The van der Waals surface area contributed by atoms with Crippen LogP contribution in [0.4, 0.5) is 9.59 Å². The van der Waals surface area contributed by atoms with Crippen LogP contribution in [0, 0.1) is 103 Å². The Hall–Kier alpha value is -4.62. The minimum atomic E-state index is -1.42. The van der Waals surface area contributed by atoms with E-state index in [4.69, 9.17) is 20.6 Å². The third-order valence-electron chi connectivity index (χ3n) is 26.0. The van der Waals surface area contributed by atoms with E-state index in [1.807, 2.05) is 45.9 Å². The predicted molar refractivity (Wildman–Crippen MR) is 318 cm³/mol. The van der Waals surface area contributed by atoms with E-state index < -0.39 is 39.0 Å². The monoisotopic (exact) mass is 1120 g/mol. The number of Topliss-reactive ketones (excluding diaryl/α,β-unsaturated/α-hetero) is 2. The zero-order valence-electron chi connectivity index (χ0n) is 55.3. The highest BCUT2D eigenvalue weighted by atomic mass is 16.6. The number of hydrogen-bond donors (Lipinski definition) is 2. The van der Waals surface area contributed by atoms with Crippen LogP contribution in [0.1, 0.15) is 204 Å². The first-order valence-corrected chi connectivity index (χ1v) is 30.0. The van der Waals surface area contributed by atoms with Crippen molar-refractivity contribution >= 4 is 35.2 Å². The molecule has 446 valence electrons.